The van der Waals surface area contributed by atoms with Crippen LogP contribution < -0.4 is 5.43 Å². The van der Waals surface area contributed by atoms with E-state index in [1.165, 1.54) is 0 Å². The molecule has 1 aliphatic rings. The maximum Gasteiger partial charge on any atom is 0.197 e. The van der Waals surface area contributed by atoms with Gasteiger partial charge in [0.15, 0.2) is 5.13 Å². The van der Waals surface area contributed by atoms with Crippen LogP contribution >= 0.6 is 11.3 Å². The molecule has 0 saturated heterocycles. The first-order chi connectivity index (χ1) is 5.95. The molecule has 1 aromatic heterocycles. The highest BCUT2D eigenvalue weighted by atomic mass is 32.1. The number of nitrogens with zero attached hydrogens (tertiary/aromatic N) is 2. The summed E-state index contributed by atoms with van der Waals surface area (Å²) in [4.78, 5) is 4.15. The van der Waals surface area contributed by atoms with Crippen LogP contribution in [0.3, 0.4) is 0 Å². The van der Waals surface area contributed by atoms with Crippen LogP contribution in [0.15, 0.2) is 23.7 Å². The van der Waals surface area contributed by atoms with Crippen molar-refractivity contribution < 1.29 is 0 Å². The smallest absolute Gasteiger partial charge is 0.197 e. The molecule has 0 atom stereocenters. The molecule has 0 spiro atoms. The summed E-state index contributed by atoms with van der Waals surface area (Å²) in [5.74, 6) is 0. The molecule has 0 bridgehead atoms. The van der Waals surface area contributed by atoms with Crippen molar-refractivity contribution in [2.45, 2.75) is 6.42 Å². The molecule has 2 heterocycles. The average Bonchev–Trinajstić information content (AvgIpc) is 2.59. The Morgan fingerprint density at radius 3 is 3.17 bits per heavy atom. The second-order valence-electron chi connectivity index (χ2n) is 2.66. The van der Waals surface area contributed by atoms with E-state index < -0.39 is 0 Å². The van der Waals surface area contributed by atoms with Crippen LogP contribution in [-0.4, -0.2) is 23.1 Å². The number of rotatable bonds is 2. The summed E-state index contributed by atoms with van der Waals surface area (Å²) in [5, 5.41) is 5.12. The van der Waals surface area contributed by atoms with E-state index in [9.17, 15) is 0 Å². The summed E-state index contributed by atoms with van der Waals surface area (Å²) in [6, 6.07) is 0. The Morgan fingerprint density at radius 2 is 2.50 bits per heavy atom. The van der Waals surface area contributed by atoms with Crippen molar-refractivity contribution in [2.75, 3.05) is 18.5 Å². The third-order valence-corrected chi connectivity index (χ3v) is 2.42. The Kier molecular flexibility index (Phi) is 2.39. The third-order valence-electron chi connectivity index (χ3n) is 1.74. The average molecular weight is 181 g/mol. The summed E-state index contributed by atoms with van der Waals surface area (Å²) >= 11 is 1.63. The zero-order chi connectivity index (χ0) is 8.23. The Balaban J connectivity index is 1.91. The predicted octanol–water partition coefficient (Wildman–Crippen LogP) is 1.73. The molecule has 0 fully saturated rings. The van der Waals surface area contributed by atoms with Gasteiger partial charge in [-0.05, 0) is 6.42 Å². The molecule has 1 aliphatic heterocycles. The fourth-order valence-corrected chi connectivity index (χ4v) is 1.71. The summed E-state index contributed by atoms with van der Waals surface area (Å²) in [7, 11) is 0. The number of hydrogen-bond donors (Lipinski definition) is 1. The van der Waals surface area contributed by atoms with Gasteiger partial charge in [0.2, 0.25) is 0 Å². The van der Waals surface area contributed by atoms with Gasteiger partial charge in [-0.2, -0.15) is 0 Å². The van der Waals surface area contributed by atoms with Gasteiger partial charge in [-0.25, -0.2) is 9.99 Å². The molecule has 1 N–H and O–H groups in total. The quantitative estimate of drug-likeness (QED) is 0.704. The number of hydrazine groups is 1. The Morgan fingerprint density at radius 1 is 1.50 bits per heavy atom. The number of hydrogen-bond acceptors (Lipinski definition) is 4. The van der Waals surface area contributed by atoms with Crippen LogP contribution in [0, 0.1) is 0 Å². The van der Waals surface area contributed by atoms with Gasteiger partial charge in [0.25, 0.3) is 0 Å². The molecule has 12 heavy (non-hydrogen) atoms. The molecule has 0 unspecified atom stereocenters. The van der Waals surface area contributed by atoms with Gasteiger partial charge in [-0.3, -0.25) is 5.43 Å². The summed E-state index contributed by atoms with van der Waals surface area (Å²) in [6.07, 6.45) is 7.31. The van der Waals surface area contributed by atoms with Gasteiger partial charge >= 0.3 is 0 Å². The maximum absolute atomic E-state index is 4.15. The van der Waals surface area contributed by atoms with Gasteiger partial charge in [0, 0.05) is 24.7 Å². The van der Waals surface area contributed by atoms with Gasteiger partial charge in [0.1, 0.15) is 0 Å². The van der Waals surface area contributed by atoms with E-state index >= 15 is 0 Å². The predicted molar refractivity (Wildman–Crippen MR) is 51.1 cm³/mol. The Hall–Kier alpha value is -0.870. The van der Waals surface area contributed by atoms with Crippen LogP contribution in [0.2, 0.25) is 0 Å². The van der Waals surface area contributed by atoms with E-state index in [1.807, 2.05) is 11.6 Å². The van der Waals surface area contributed by atoms with E-state index in [1.54, 1.807) is 11.3 Å². The maximum atomic E-state index is 4.15. The summed E-state index contributed by atoms with van der Waals surface area (Å²) < 4.78 is 0. The lowest BCUT2D eigenvalue weighted by Crippen LogP contribution is -2.32. The second-order valence-corrected chi connectivity index (χ2v) is 3.55. The van der Waals surface area contributed by atoms with Gasteiger partial charge in [0.05, 0.1) is 0 Å². The monoisotopic (exact) mass is 181 g/mol. The van der Waals surface area contributed by atoms with Crippen molar-refractivity contribution in [3.8, 4) is 0 Å². The molecule has 0 amide bonds. The highest BCUT2D eigenvalue weighted by Crippen LogP contribution is 2.12. The first-order valence-corrected chi connectivity index (χ1v) is 4.89. The van der Waals surface area contributed by atoms with E-state index in [0.29, 0.717) is 0 Å². The minimum Gasteiger partial charge on any atom is -0.294 e. The zero-order valence-corrected chi connectivity index (χ0v) is 7.55. The van der Waals surface area contributed by atoms with Crippen molar-refractivity contribution >= 4 is 16.5 Å². The van der Waals surface area contributed by atoms with Crippen molar-refractivity contribution in [3.63, 3.8) is 0 Å². The second kappa shape index (κ2) is 3.69. The fourth-order valence-electron chi connectivity index (χ4n) is 1.16. The van der Waals surface area contributed by atoms with Crippen LogP contribution in [0.25, 0.3) is 0 Å². The van der Waals surface area contributed by atoms with Crippen LogP contribution in [0.4, 0.5) is 5.13 Å². The molecule has 0 saturated carbocycles. The van der Waals surface area contributed by atoms with Crippen molar-refractivity contribution in [1.29, 1.82) is 0 Å². The fraction of sp³-hybridized carbons (Fsp3) is 0.375. The summed E-state index contributed by atoms with van der Waals surface area (Å²) in [6.45, 7) is 2.04. The number of anilines is 1. The third kappa shape index (κ3) is 1.84. The first kappa shape index (κ1) is 7.76. The number of aromatic nitrogens is 1. The number of nitrogens with one attached hydrogen (secondary N) is 1. The van der Waals surface area contributed by atoms with Gasteiger partial charge < -0.3 is 0 Å². The highest BCUT2D eigenvalue weighted by Gasteiger charge is 2.05. The van der Waals surface area contributed by atoms with Gasteiger partial charge in [-0.15, -0.1) is 11.3 Å². The molecule has 0 aliphatic carbocycles. The lowest BCUT2D eigenvalue weighted by molar-refractivity contribution is 0.359. The molecule has 64 valence electrons. The van der Waals surface area contributed by atoms with Crippen LogP contribution in [0.5, 0.6) is 0 Å². The van der Waals surface area contributed by atoms with Gasteiger partial charge in [-0.1, -0.05) is 12.2 Å². The van der Waals surface area contributed by atoms with E-state index in [4.69, 9.17) is 0 Å². The van der Waals surface area contributed by atoms with E-state index in [-0.39, 0.29) is 0 Å². The highest BCUT2D eigenvalue weighted by molar-refractivity contribution is 7.13. The molecular weight excluding hydrogens is 170 g/mol. The summed E-state index contributed by atoms with van der Waals surface area (Å²) in [5.41, 5.74) is 3.25. The SMILES string of the molecule is C1=CCN(Nc2nccs2)CC1. The standard InChI is InChI=1S/C8H11N3S/c1-2-5-11(6-3-1)10-8-9-4-7-12-8/h1-2,4,7H,3,5-6H2,(H,9,10). The van der Waals surface area contributed by atoms with E-state index in [2.05, 4.69) is 27.6 Å². The topological polar surface area (TPSA) is 28.2 Å². The largest absolute Gasteiger partial charge is 0.294 e. The normalized spacial score (nSPS) is 18.0. The molecular formula is C8H11N3S. The van der Waals surface area contributed by atoms with Crippen LogP contribution in [-0.2, 0) is 0 Å². The van der Waals surface area contributed by atoms with Crippen molar-refractivity contribution in [1.82, 2.24) is 9.99 Å². The lowest BCUT2D eigenvalue weighted by Gasteiger charge is -2.22. The lowest BCUT2D eigenvalue weighted by atomic mass is 10.3. The van der Waals surface area contributed by atoms with Crippen molar-refractivity contribution in [3.05, 3.63) is 23.7 Å². The molecule has 0 radical (unpaired) electrons. The molecule has 2 rings (SSSR count). The van der Waals surface area contributed by atoms with Crippen molar-refractivity contribution in [2.24, 2.45) is 0 Å². The minimum atomic E-state index is 0.972. The van der Waals surface area contributed by atoms with Crippen LogP contribution in [0.1, 0.15) is 6.42 Å². The number of thiazole rings is 1. The molecule has 0 aromatic carbocycles. The Labute approximate surface area is 75.7 Å². The molecule has 3 nitrogen and oxygen atoms in total. The molecule has 1 aromatic rings. The zero-order valence-electron chi connectivity index (χ0n) is 6.73. The minimum absolute atomic E-state index is 0.972. The Bertz CT molecular complexity index is 255. The first-order valence-electron chi connectivity index (χ1n) is 4.01. The van der Waals surface area contributed by atoms with E-state index in [0.717, 1.165) is 24.6 Å². The molecule has 4 heteroatoms.